The number of hydrogen-bond donors (Lipinski definition) is 3. The van der Waals surface area contributed by atoms with Gasteiger partial charge in [0.25, 0.3) is 5.91 Å². The summed E-state index contributed by atoms with van der Waals surface area (Å²) in [7, 11) is 0. The van der Waals surface area contributed by atoms with Gasteiger partial charge in [-0.15, -0.1) is 0 Å². The first-order valence-corrected chi connectivity index (χ1v) is 5.67. The van der Waals surface area contributed by atoms with E-state index < -0.39 is 0 Å². The van der Waals surface area contributed by atoms with Crippen LogP contribution in [0.3, 0.4) is 0 Å². The molecule has 1 heterocycles. The summed E-state index contributed by atoms with van der Waals surface area (Å²) in [6.07, 6.45) is 1.10. The predicted molar refractivity (Wildman–Crippen MR) is 63.6 cm³/mol. The van der Waals surface area contributed by atoms with Gasteiger partial charge in [0.2, 0.25) is 0 Å². The summed E-state index contributed by atoms with van der Waals surface area (Å²) >= 11 is 0. The van der Waals surface area contributed by atoms with E-state index in [-0.39, 0.29) is 5.91 Å². The molecule has 0 fully saturated rings. The predicted octanol–water partition coefficient (Wildman–Crippen LogP) is 0.756. The van der Waals surface area contributed by atoms with Gasteiger partial charge in [-0.05, 0) is 26.8 Å². The lowest BCUT2D eigenvalue weighted by molar-refractivity contribution is 0.0948. The van der Waals surface area contributed by atoms with Gasteiger partial charge in [-0.1, -0.05) is 6.92 Å². The summed E-state index contributed by atoms with van der Waals surface area (Å²) < 4.78 is 0. The highest BCUT2D eigenvalue weighted by atomic mass is 16.1. The highest BCUT2D eigenvalue weighted by Crippen LogP contribution is 2.07. The normalized spacial score (nSPS) is 10.4. The topological polar surface area (TPSA) is 69.8 Å². The first-order chi connectivity index (χ1) is 7.66. The molecule has 5 nitrogen and oxygen atoms in total. The Kier molecular flexibility index (Phi) is 4.98. The van der Waals surface area contributed by atoms with Crippen LogP contribution >= 0.6 is 0 Å². The van der Waals surface area contributed by atoms with Gasteiger partial charge >= 0.3 is 0 Å². The average molecular weight is 224 g/mol. The van der Waals surface area contributed by atoms with Crippen molar-refractivity contribution in [3.05, 3.63) is 17.0 Å². The Morgan fingerprint density at radius 2 is 2.06 bits per heavy atom. The van der Waals surface area contributed by atoms with Crippen LogP contribution in [-0.2, 0) is 0 Å². The van der Waals surface area contributed by atoms with Crippen molar-refractivity contribution in [1.82, 2.24) is 20.8 Å². The Bertz CT molecular complexity index is 346. The van der Waals surface area contributed by atoms with Gasteiger partial charge in [-0.3, -0.25) is 9.89 Å². The van der Waals surface area contributed by atoms with Crippen molar-refractivity contribution < 1.29 is 4.79 Å². The van der Waals surface area contributed by atoms with Gasteiger partial charge in [0, 0.05) is 24.3 Å². The number of H-pyrrole nitrogens is 1. The molecule has 0 aliphatic rings. The minimum absolute atomic E-state index is 0.111. The van der Waals surface area contributed by atoms with E-state index in [4.69, 9.17) is 0 Å². The van der Waals surface area contributed by atoms with Crippen LogP contribution in [-0.4, -0.2) is 35.7 Å². The Hall–Kier alpha value is -1.36. The molecule has 3 N–H and O–H groups in total. The number of aryl methyl sites for hydroxylation is 1. The number of aromatic amines is 1. The minimum Gasteiger partial charge on any atom is -0.349 e. The largest absolute Gasteiger partial charge is 0.349 e. The standard InChI is InChI=1S/C11H20N4O/c1-4-5-12-6-7-13-11(16)10-8(2)9(3)14-15-10/h12H,4-7H2,1-3H3,(H,13,16)(H,14,15). The summed E-state index contributed by atoms with van der Waals surface area (Å²) in [6.45, 7) is 8.31. The Labute approximate surface area is 96.0 Å². The van der Waals surface area contributed by atoms with Crippen LogP contribution < -0.4 is 10.6 Å². The van der Waals surface area contributed by atoms with Crippen molar-refractivity contribution in [3.63, 3.8) is 0 Å². The molecule has 0 unspecified atom stereocenters. The van der Waals surface area contributed by atoms with Crippen LogP contribution in [0.25, 0.3) is 0 Å². The van der Waals surface area contributed by atoms with Crippen molar-refractivity contribution in [2.75, 3.05) is 19.6 Å². The van der Waals surface area contributed by atoms with Crippen molar-refractivity contribution in [2.45, 2.75) is 27.2 Å². The molecule has 0 radical (unpaired) electrons. The van der Waals surface area contributed by atoms with Crippen LogP contribution in [0, 0.1) is 13.8 Å². The molecule has 0 saturated heterocycles. The number of carbonyl (C=O) groups is 1. The summed E-state index contributed by atoms with van der Waals surface area (Å²) in [4.78, 5) is 11.7. The average Bonchev–Trinajstić information content (AvgIpc) is 2.59. The molecule has 0 saturated carbocycles. The lowest BCUT2D eigenvalue weighted by Crippen LogP contribution is -2.32. The lowest BCUT2D eigenvalue weighted by Gasteiger charge is -2.04. The Morgan fingerprint density at radius 1 is 1.31 bits per heavy atom. The second kappa shape index (κ2) is 6.27. The van der Waals surface area contributed by atoms with E-state index in [1.54, 1.807) is 0 Å². The number of aromatic nitrogens is 2. The summed E-state index contributed by atoms with van der Waals surface area (Å²) in [5, 5.41) is 12.8. The number of carbonyl (C=O) groups excluding carboxylic acids is 1. The zero-order valence-corrected chi connectivity index (χ0v) is 10.2. The first-order valence-electron chi connectivity index (χ1n) is 5.67. The van der Waals surface area contributed by atoms with E-state index in [0.717, 1.165) is 30.8 Å². The fraction of sp³-hybridized carbons (Fsp3) is 0.636. The number of hydrogen-bond acceptors (Lipinski definition) is 3. The van der Waals surface area contributed by atoms with Gasteiger partial charge in [-0.2, -0.15) is 5.10 Å². The van der Waals surface area contributed by atoms with E-state index in [1.807, 2.05) is 13.8 Å². The zero-order chi connectivity index (χ0) is 12.0. The molecule has 90 valence electrons. The number of nitrogens with one attached hydrogen (secondary N) is 3. The number of rotatable bonds is 6. The van der Waals surface area contributed by atoms with Gasteiger partial charge in [0.1, 0.15) is 0 Å². The smallest absolute Gasteiger partial charge is 0.272 e. The monoisotopic (exact) mass is 224 g/mol. The first kappa shape index (κ1) is 12.7. The molecular formula is C11H20N4O. The molecule has 0 aromatic carbocycles. The molecule has 1 aromatic heterocycles. The fourth-order valence-corrected chi connectivity index (χ4v) is 1.36. The van der Waals surface area contributed by atoms with Crippen molar-refractivity contribution in [1.29, 1.82) is 0 Å². The summed E-state index contributed by atoms with van der Waals surface area (Å²) in [6, 6.07) is 0. The van der Waals surface area contributed by atoms with E-state index >= 15 is 0 Å². The molecule has 0 aliphatic carbocycles. The zero-order valence-electron chi connectivity index (χ0n) is 10.2. The maximum absolute atomic E-state index is 11.7. The molecule has 1 rings (SSSR count). The lowest BCUT2D eigenvalue weighted by atomic mass is 10.2. The maximum Gasteiger partial charge on any atom is 0.272 e. The fourth-order valence-electron chi connectivity index (χ4n) is 1.36. The molecule has 0 bridgehead atoms. The SMILES string of the molecule is CCCNCCNC(=O)c1n[nH]c(C)c1C. The third-order valence-electron chi connectivity index (χ3n) is 2.48. The van der Waals surface area contributed by atoms with E-state index in [1.165, 1.54) is 0 Å². The Morgan fingerprint density at radius 3 is 2.62 bits per heavy atom. The number of nitrogens with zero attached hydrogens (tertiary/aromatic N) is 1. The number of amides is 1. The molecule has 5 heteroatoms. The van der Waals surface area contributed by atoms with Crippen LogP contribution in [0.4, 0.5) is 0 Å². The van der Waals surface area contributed by atoms with Gasteiger partial charge in [0.15, 0.2) is 5.69 Å². The second-order valence-corrected chi connectivity index (χ2v) is 3.83. The van der Waals surface area contributed by atoms with Crippen LogP contribution in [0.1, 0.15) is 35.1 Å². The molecule has 0 atom stereocenters. The molecule has 1 aromatic rings. The molecule has 0 spiro atoms. The highest BCUT2D eigenvalue weighted by Gasteiger charge is 2.13. The van der Waals surface area contributed by atoms with Gasteiger partial charge < -0.3 is 10.6 Å². The van der Waals surface area contributed by atoms with E-state index in [9.17, 15) is 4.79 Å². The van der Waals surface area contributed by atoms with Crippen LogP contribution in [0.15, 0.2) is 0 Å². The van der Waals surface area contributed by atoms with Crippen molar-refractivity contribution in [3.8, 4) is 0 Å². The van der Waals surface area contributed by atoms with Crippen LogP contribution in [0.2, 0.25) is 0 Å². The van der Waals surface area contributed by atoms with E-state index in [2.05, 4.69) is 27.8 Å². The Balaban J connectivity index is 2.33. The maximum atomic E-state index is 11.7. The third kappa shape index (κ3) is 3.34. The van der Waals surface area contributed by atoms with Crippen molar-refractivity contribution >= 4 is 5.91 Å². The quantitative estimate of drug-likeness (QED) is 0.625. The molecule has 16 heavy (non-hydrogen) atoms. The third-order valence-corrected chi connectivity index (χ3v) is 2.48. The van der Waals surface area contributed by atoms with E-state index in [0.29, 0.717) is 12.2 Å². The second-order valence-electron chi connectivity index (χ2n) is 3.83. The minimum atomic E-state index is -0.111. The highest BCUT2D eigenvalue weighted by molar-refractivity contribution is 5.93. The molecular weight excluding hydrogens is 204 g/mol. The molecule has 1 amide bonds. The van der Waals surface area contributed by atoms with Gasteiger partial charge in [0.05, 0.1) is 0 Å². The summed E-state index contributed by atoms with van der Waals surface area (Å²) in [5.41, 5.74) is 2.35. The van der Waals surface area contributed by atoms with Crippen molar-refractivity contribution in [2.24, 2.45) is 0 Å². The van der Waals surface area contributed by atoms with Gasteiger partial charge in [-0.25, -0.2) is 0 Å². The summed E-state index contributed by atoms with van der Waals surface area (Å²) in [5.74, 6) is -0.111. The van der Waals surface area contributed by atoms with Crippen LogP contribution in [0.5, 0.6) is 0 Å². The molecule has 0 aliphatic heterocycles.